The number of methoxy groups -OCH3 is 2. The van der Waals surface area contributed by atoms with Crippen LogP contribution in [0.1, 0.15) is 29.6 Å². The summed E-state index contributed by atoms with van der Waals surface area (Å²) >= 11 is 0. The molecule has 0 bridgehead atoms. The van der Waals surface area contributed by atoms with Gasteiger partial charge in [-0.1, -0.05) is 0 Å². The molecule has 0 saturated carbocycles. The molecule has 1 aliphatic heterocycles. The van der Waals surface area contributed by atoms with Crippen molar-refractivity contribution in [2.75, 3.05) is 33.9 Å². The lowest BCUT2D eigenvalue weighted by Crippen LogP contribution is -2.39. The second-order valence-corrected chi connectivity index (χ2v) is 9.18. The number of piperidine rings is 1. The Balaban J connectivity index is 1.51. The van der Waals surface area contributed by atoms with Crippen molar-refractivity contribution < 1.29 is 27.1 Å². The maximum Gasteiger partial charge on any atom is 0.253 e. The predicted molar refractivity (Wildman–Crippen MR) is 114 cm³/mol. The first-order valence-electron chi connectivity index (χ1n) is 10.1. The van der Waals surface area contributed by atoms with Crippen LogP contribution in [0.15, 0.2) is 47.4 Å². The van der Waals surface area contributed by atoms with E-state index in [1.807, 2.05) is 0 Å². The summed E-state index contributed by atoms with van der Waals surface area (Å²) < 4.78 is 51.4. The Kier molecular flexibility index (Phi) is 7.50. The van der Waals surface area contributed by atoms with Crippen LogP contribution in [0, 0.1) is 11.7 Å². The van der Waals surface area contributed by atoms with E-state index in [4.69, 9.17) is 9.47 Å². The fourth-order valence-electron chi connectivity index (χ4n) is 3.67. The van der Waals surface area contributed by atoms with Gasteiger partial charge < -0.3 is 14.4 Å². The fraction of sp³-hybridized carbons (Fsp3) is 0.409. The Labute approximate surface area is 182 Å². The maximum absolute atomic E-state index is 13.0. The van der Waals surface area contributed by atoms with Gasteiger partial charge in [-0.2, -0.15) is 0 Å². The zero-order valence-corrected chi connectivity index (χ0v) is 18.5. The predicted octanol–water partition coefficient (Wildman–Crippen LogP) is 3.06. The summed E-state index contributed by atoms with van der Waals surface area (Å²) in [4.78, 5) is 14.3. The Morgan fingerprint density at radius 1 is 1.10 bits per heavy atom. The monoisotopic (exact) mass is 450 g/mol. The summed E-state index contributed by atoms with van der Waals surface area (Å²) in [6.45, 7) is 1.48. The molecule has 31 heavy (non-hydrogen) atoms. The van der Waals surface area contributed by atoms with Crippen LogP contribution in [-0.4, -0.2) is 53.1 Å². The molecule has 2 aromatic carbocycles. The number of rotatable bonds is 8. The first-order chi connectivity index (χ1) is 14.8. The van der Waals surface area contributed by atoms with E-state index in [1.54, 1.807) is 17.0 Å². The number of benzene rings is 2. The van der Waals surface area contributed by atoms with E-state index in [2.05, 4.69) is 4.72 Å². The highest BCUT2D eigenvalue weighted by atomic mass is 32.2. The van der Waals surface area contributed by atoms with Gasteiger partial charge in [0.05, 0.1) is 14.2 Å². The summed E-state index contributed by atoms with van der Waals surface area (Å²) in [5.74, 6) is 0.515. The van der Waals surface area contributed by atoms with Crippen LogP contribution in [0.3, 0.4) is 0 Å². The Morgan fingerprint density at radius 2 is 1.77 bits per heavy atom. The van der Waals surface area contributed by atoms with E-state index in [9.17, 15) is 17.6 Å². The van der Waals surface area contributed by atoms with Crippen LogP contribution in [0.25, 0.3) is 0 Å². The molecule has 1 amide bonds. The van der Waals surface area contributed by atoms with E-state index < -0.39 is 10.0 Å². The van der Waals surface area contributed by atoms with Crippen LogP contribution >= 0.6 is 0 Å². The number of nitrogens with zero attached hydrogens (tertiary/aromatic N) is 1. The molecule has 1 heterocycles. The third kappa shape index (κ3) is 5.74. The molecule has 1 N–H and O–H groups in total. The summed E-state index contributed by atoms with van der Waals surface area (Å²) in [5.41, 5.74) is 0.472. The van der Waals surface area contributed by atoms with E-state index in [-0.39, 0.29) is 22.4 Å². The molecule has 0 atom stereocenters. The molecule has 0 radical (unpaired) electrons. The average Bonchev–Trinajstić information content (AvgIpc) is 2.79. The van der Waals surface area contributed by atoms with Gasteiger partial charge in [-0.15, -0.1) is 0 Å². The largest absolute Gasteiger partial charge is 0.497 e. The minimum Gasteiger partial charge on any atom is -0.497 e. The molecule has 0 unspecified atom stereocenters. The molecule has 1 fully saturated rings. The first-order valence-corrected chi connectivity index (χ1v) is 11.6. The minimum absolute atomic E-state index is 0.0362. The number of nitrogens with one attached hydrogen (secondary N) is 1. The third-order valence-corrected chi connectivity index (χ3v) is 6.98. The standard InChI is InChI=1S/C22H27FN2O5S/c1-29-19-7-8-20(30-2)21(15-19)31(27,28)24-12-9-16-10-13-25(14-11-16)22(26)17-3-5-18(23)6-4-17/h3-8,15-16,24H,9-14H2,1-2H3. The van der Waals surface area contributed by atoms with Crippen LogP contribution in [-0.2, 0) is 10.0 Å². The lowest BCUT2D eigenvalue weighted by atomic mass is 9.93. The molecular weight excluding hydrogens is 423 g/mol. The van der Waals surface area contributed by atoms with Gasteiger partial charge in [-0.05, 0) is 61.6 Å². The van der Waals surface area contributed by atoms with Gasteiger partial charge in [0.25, 0.3) is 5.91 Å². The molecule has 0 aromatic heterocycles. The molecule has 0 aliphatic carbocycles. The van der Waals surface area contributed by atoms with Gasteiger partial charge in [-0.3, -0.25) is 4.79 Å². The zero-order valence-electron chi connectivity index (χ0n) is 17.6. The van der Waals surface area contributed by atoms with E-state index >= 15 is 0 Å². The average molecular weight is 451 g/mol. The lowest BCUT2D eigenvalue weighted by molar-refractivity contribution is 0.0687. The SMILES string of the molecule is COc1ccc(OC)c(S(=O)(=O)NCCC2CCN(C(=O)c3ccc(F)cc3)CC2)c1. The molecule has 7 nitrogen and oxygen atoms in total. The number of halogens is 1. The van der Waals surface area contributed by atoms with Crippen molar-refractivity contribution in [3.63, 3.8) is 0 Å². The number of carbonyl (C=O) groups excluding carboxylic acids is 1. The smallest absolute Gasteiger partial charge is 0.253 e. The molecule has 168 valence electrons. The van der Waals surface area contributed by atoms with Gasteiger partial charge in [0.2, 0.25) is 10.0 Å². The molecule has 3 rings (SSSR count). The number of hydrogen-bond donors (Lipinski definition) is 1. The maximum atomic E-state index is 13.0. The van der Waals surface area contributed by atoms with Gasteiger partial charge in [-0.25, -0.2) is 17.5 Å². The first kappa shape index (κ1) is 23.0. The van der Waals surface area contributed by atoms with E-state index in [0.717, 1.165) is 12.8 Å². The zero-order chi connectivity index (χ0) is 22.4. The van der Waals surface area contributed by atoms with E-state index in [1.165, 1.54) is 44.6 Å². The Morgan fingerprint density at radius 3 is 2.39 bits per heavy atom. The highest BCUT2D eigenvalue weighted by Crippen LogP contribution is 2.28. The van der Waals surface area contributed by atoms with Gasteiger partial charge in [0.1, 0.15) is 22.2 Å². The number of carbonyl (C=O) groups is 1. The van der Waals surface area contributed by atoms with Gasteiger partial charge in [0.15, 0.2) is 0 Å². The van der Waals surface area contributed by atoms with Crippen molar-refractivity contribution >= 4 is 15.9 Å². The molecular formula is C22H27FN2O5S. The van der Waals surface area contributed by atoms with Crippen molar-refractivity contribution in [2.45, 2.75) is 24.2 Å². The minimum atomic E-state index is -3.75. The Hall–Kier alpha value is -2.65. The second kappa shape index (κ2) is 10.1. The lowest BCUT2D eigenvalue weighted by Gasteiger charge is -2.32. The summed E-state index contributed by atoms with van der Waals surface area (Å²) in [6.07, 6.45) is 2.25. The molecule has 1 saturated heterocycles. The summed E-state index contributed by atoms with van der Waals surface area (Å²) in [7, 11) is -0.861. The van der Waals surface area contributed by atoms with Crippen LogP contribution in [0.4, 0.5) is 4.39 Å². The van der Waals surface area contributed by atoms with Crippen molar-refractivity contribution in [3.8, 4) is 11.5 Å². The molecule has 1 aliphatic rings. The van der Waals surface area contributed by atoms with Gasteiger partial charge >= 0.3 is 0 Å². The van der Waals surface area contributed by atoms with Crippen molar-refractivity contribution in [1.82, 2.24) is 9.62 Å². The molecule has 0 spiro atoms. The molecule has 2 aromatic rings. The number of hydrogen-bond acceptors (Lipinski definition) is 5. The summed E-state index contributed by atoms with van der Waals surface area (Å²) in [6, 6.07) is 10.2. The number of likely N-dealkylation sites (tertiary alicyclic amines) is 1. The highest BCUT2D eigenvalue weighted by molar-refractivity contribution is 7.89. The van der Waals surface area contributed by atoms with E-state index in [0.29, 0.717) is 43.3 Å². The van der Waals surface area contributed by atoms with Crippen molar-refractivity contribution in [2.24, 2.45) is 5.92 Å². The quantitative estimate of drug-likeness (QED) is 0.668. The van der Waals surface area contributed by atoms with Gasteiger partial charge in [0, 0.05) is 31.3 Å². The summed E-state index contributed by atoms with van der Waals surface area (Å²) in [5, 5.41) is 0. The number of ether oxygens (including phenoxy) is 2. The number of amides is 1. The Bertz CT molecular complexity index is 1000. The number of sulfonamides is 1. The third-order valence-electron chi connectivity index (χ3n) is 5.50. The van der Waals surface area contributed by atoms with Crippen LogP contribution in [0.2, 0.25) is 0 Å². The molecule has 9 heteroatoms. The fourth-order valence-corrected chi connectivity index (χ4v) is 4.90. The van der Waals surface area contributed by atoms with Crippen LogP contribution in [0.5, 0.6) is 11.5 Å². The second-order valence-electron chi connectivity index (χ2n) is 7.45. The topological polar surface area (TPSA) is 84.9 Å². The van der Waals surface area contributed by atoms with Crippen molar-refractivity contribution in [3.05, 3.63) is 53.8 Å². The van der Waals surface area contributed by atoms with Crippen LogP contribution < -0.4 is 14.2 Å². The normalized spacial score (nSPS) is 15.0. The highest BCUT2D eigenvalue weighted by Gasteiger charge is 2.25. The van der Waals surface area contributed by atoms with Crippen molar-refractivity contribution in [1.29, 1.82) is 0 Å².